The van der Waals surface area contributed by atoms with Crippen LogP contribution >= 0.6 is 23.2 Å². The lowest BCUT2D eigenvalue weighted by Gasteiger charge is -2.09. The maximum Gasteiger partial charge on any atom is 0.339 e. The van der Waals surface area contributed by atoms with Crippen molar-refractivity contribution >= 4 is 33.3 Å². The zero-order chi connectivity index (χ0) is 19.8. The third-order valence-electron chi connectivity index (χ3n) is 3.34. The molecule has 140 valence electrons. The molecule has 0 saturated carbocycles. The molecule has 3 aromatic rings. The maximum absolute atomic E-state index is 13.6. The van der Waals surface area contributed by atoms with E-state index in [0.717, 1.165) is 35.1 Å². The zero-order valence-corrected chi connectivity index (χ0v) is 15.4. The number of hydrogen-bond acceptors (Lipinski definition) is 5. The molecule has 27 heavy (non-hydrogen) atoms. The van der Waals surface area contributed by atoms with Gasteiger partial charge in [-0.2, -0.15) is 18.2 Å². The van der Waals surface area contributed by atoms with Crippen molar-refractivity contribution in [2.24, 2.45) is 0 Å². The minimum atomic E-state index is -4.39. The van der Waals surface area contributed by atoms with Gasteiger partial charge < -0.3 is 4.18 Å². The molecule has 0 radical (unpaired) electrons. The molecule has 11 heteroatoms. The van der Waals surface area contributed by atoms with Gasteiger partial charge in [0.05, 0.1) is 16.9 Å². The first kappa shape index (κ1) is 19.3. The van der Waals surface area contributed by atoms with E-state index >= 15 is 0 Å². The Balaban J connectivity index is 1.93. The monoisotopic (exact) mass is 432 g/mol. The minimum absolute atomic E-state index is 0.0214. The normalized spacial score (nSPS) is 11.4. The van der Waals surface area contributed by atoms with E-state index in [1.165, 1.54) is 12.1 Å². The molecule has 0 aliphatic carbocycles. The van der Waals surface area contributed by atoms with Gasteiger partial charge in [0.1, 0.15) is 15.7 Å². The van der Waals surface area contributed by atoms with Crippen LogP contribution in [-0.2, 0) is 10.1 Å². The lowest BCUT2D eigenvalue weighted by molar-refractivity contribution is 0.457. The maximum atomic E-state index is 13.6. The Hall–Kier alpha value is -2.49. The molecule has 3 rings (SSSR count). The Morgan fingerprint density at radius 2 is 1.70 bits per heavy atom. The topological polar surface area (TPSA) is 78.3 Å². The summed E-state index contributed by atoms with van der Waals surface area (Å²) in [6.45, 7) is 0. The molecule has 2 aromatic carbocycles. The Morgan fingerprint density at radius 1 is 1.04 bits per heavy atom. The Morgan fingerprint density at radius 3 is 2.33 bits per heavy atom. The molecule has 0 N–H and O–H groups in total. The number of nitrogens with zero attached hydrogens (tertiary/aromatic N) is 2. The predicted octanol–water partition coefficient (Wildman–Crippen LogP) is 3.59. The summed E-state index contributed by atoms with van der Waals surface area (Å²) in [7, 11) is -4.39. The van der Waals surface area contributed by atoms with Crippen LogP contribution in [0.4, 0.5) is 8.78 Å². The highest BCUT2D eigenvalue weighted by molar-refractivity contribution is 7.87. The molecule has 0 bridgehead atoms. The van der Waals surface area contributed by atoms with Crippen LogP contribution in [0.3, 0.4) is 0 Å². The summed E-state index contributed by atoms with van der Waals surface area (Å²) in [5, 5.41) is 3.55. The Bertz CT molecular complexity index is 1180. The van der Waals surface area contributed by atoms with Crippen LogP contribution in [0.5, 0.6) is 5.75 Å². The molecule has 1 heterocycles. The first-order chi connectivity index (χ1) is 12.7. The average molecular weight is 433 g/mol. The van der Waals surface area contributed by atoms with Gasteiger partial charge in [0.25, 0.3) is 5.56 Å². The molecule has 0 unspecified atom stereocenters. The van der Waals surface area contributed by atoms with Crippen LogP contribution in [0.15, 0.2) is 58.4 Å². The van der Waals surface area contributed by atoms with Crippen molar-refractivity contribution in [2.45, 2.75) is 4.90 Å². The zero-order valence-electron chi connectivity index (χ0n) is 13.1. The van der Waals surface area contributed by atoms with Crippen LogP contribution in [0.2, 0.25) is 10.0 Å². The standard InChI is InChI=1S/C16H8Cl2F2N2O4S/c17-12-8-21-22(16(23)15(12)18)10-2-4-11(5-3-10)27(24,25)26-14-6-1-9(19)7-13(14)20/h1-8H. The van der Waals surface area contributed by atoms with E-state index < -0.39 is 33.1 Å². The molecule has 0 fully saturated rings. The highest BCUT2D eigenvalue weighted by atomic mass is 35.5. The Labute approximate surface area is 161 Å². The van der Waals surface area contributed by atoms with Gasteiger partial charge in [0.15, 0.2) is 11.6 Å². The molecule has 0 aliphatic rings. The lowest BCUT2D eigenvalue weighted by atomic mass is 10.3. The molecule has 0 saturated heterocycles. The first-order valence-electron chi connectivity index (χ1n) is 7.12. The lowest BCUT2D eigenvalue weighted by Crippen LogP contribution is -2.21. The van der Waals surface area contributed by atoms with Gasteiger partial charge in [-0.15, -0.1) is 0 Å². The van der Waals surface area contributed by atoms with Crippen molar-refractivity contribution in [2.75, 3.05) is 0 Å². The molecule has 0 amide bonds. The van der Waals surface area contributed by atoms with E-state index in [2.05, 4.69) is 9.28 Å². The van der Waals surface area contributed by atoms with Gasteiger partial charge in [-0.3, -0.25) is 4.79 Å². The van der Waals surface area contributed by atoms with Gasteiger partial charge in [-0.05, 0) is 36.4 Å². The van der Waals surface area contributed by atoms with Gasteiger partial charge in [0.2, 0.25) is 0 Å². The molecular formula is C16H8Cl2F2N2O4S. The number of halogens is 4. The molecule has 0 atom stereocenters. The predicted molar refractivity (Wildman–Crippen MR) is 94.0 cm³/mol. The molecular weight excluding hydrogens is 425 g/mol. The van der Waals surface area contributed by atoms with E-state index in [-0.39, 0.29) is 20.6 Å². The van der Waals surface area contributed by atoms with Crippen LogP contribution < -0.4 is 9.74 Å². The summed E-state index contributed by atoms with van der Waals surface area (Å²) in [6, 6.07) is 7.02. The van der Waals surface area contributed by atoms with Gasteiger partial charge in [0, 0.05) is 6.07 Å². The van der Waals surface area contributed by atoms with Gasteiger partial charge >= 0.3 is 10.1 Å². The second-order valence-corrected chi connectivity index (χ2v) is 7.46. The fourth-order valence-corrected chi connectivity index (χ4v) is 3.25. The third-order valence-corrected chi connectivity index (χ3v) is 5.34. The summed E-state index contributed by atoms with van der Waals surface area (Å²) in [5.74, 6) is -2.69. The molecule has 0 spiro atoms. The van der Waals surface area contributed by atoms with E-state index in [1.54, 1.807) is 0 Å². The summed E-state index contributed by atoms with van der Waals surface area (Å²) in [5.41, 5.74) is -0.477. The van der Waals surface area contributed by atoms with E-state index in [1.807, 2.05) is 0 Å². The Kier molecular flexibility index (Phi) is 5.18. The highest BCUT2D eigenvalue weighted by Crippen LogP contribution is 2.23. The second-order valence-electron chi connectivity index (χ2n) is 5.13. The fraction of sp³-hybridized carbons (Fsp3) is 0. The third kappa shape index (κ3) is 3.95. The van der Waals surface area contributed by atoms with Crippen LogP contribution in [0.25, 0.3) is 5.69 Å². The van der Waals surface area contributed by atoms with E-state index in [0.29, 0.717) is 6.07 Å². The minimum Gasteiger partial charge on any atom is -0.376 e. The van der Waals surface area contributed by atoms with Crippen molar-refractivity contribution in [1.82, 2.24) is 9.78 Å². The number of aromatic nitrogens is 2. The van der Waals surface area contributed by atoms with Crippen molar-refractivity contribution < 1.29 is 21.4 Å². The first-order valence-corrected chi connectivity index (χ1v) is 9.29. The fourth-order valence-electron chi connectivity index (χ4n) is 2.06. The van der Waals surface area contributed by atoms with Crippen LogP contribution in [0, 0.1) is 11.6 Å². The molecule has 1 aromatic heterocycles. The van der Waals surface area contributed by atoms with E-state index in [4.69, 9.17) is 23.2 Å². The summed E-state index contributed by atoms with van der Waals surface area (Å²) >= 11 is 11.5. The number of benzene rings is 2. The van der Waals surface area contributed by atoms with Gasteiger partial charge in [-0.1, -0.05) is 23.2 Å². The summed E-state index contributed by atoms with van der Waals surface area (Å²) in [4.78, 5) is 11.7. The molecule has 6 nitrogen and oxygen atoms in total. The number of hydrogen-bond donors (Lipinski definition) is 0. The van der Waals surface area contributed by atoms with Crippen molar-refractivity contribution in [3.05, 3.63) is 80.7 Å². The van der Waals surface area contributed by atoms with E-state index in [9.17, 15) is 22.0 Å². The quantitative estimate of drug-likeness (QED) is 0.588. The second kappa shape index (κ2) is 7.26. The summed E-state index contributed by atoms with van der Waals surface area (Å²) < 4.78 is 56.6. The smallest absolute Gasteiger partial charge is 0.339 e. The SMILES string of the molecule is O=c1c(Cl)c(Cl)cnn1-c1ccc(S(=O)(=O)Oc2ccc(F)cc2F)cc1. The van der Waals surface area contributed by atoms with Crippen LogP contribution in [0.1, 0.15) is 0 Å². The largest absolute Gasteiger partial charge is 0.376 e. The van der Waals surface area contributed by atoms with Crippen LogP contribution in [-0.4, -0.2) is 18.2 Å². The summed E-state index contributed by atoms with van der Waals surface area (Å²) in [6.07, 6.45) is 1.16. The average Bonchev–Trinajstić information content (AvgIpc) is 2.62. The molecule has 0 aliphatic heterocycles. The van der Waals surface area contributed by atoms with Crippen molar-refractivity contribution in [1.29, 1.82) is 0 Å². The van der Waals surface area contributed by atoms with Gasteiger partial charge in [-0.25, -0.2) is 8.78 Å². The highest BCUT2D eigenvalue weighted by Gasteiger charge is 2.20. The van der Waals surface area contributed by atoms with Crippen molar-refractivity contribution in [3.8, 4) is 11.4 Å². The van der Waals surface area contributed by atoms with Crippen molar-refractivity contribution in [3.63, 3.8) is 0 Å². The number of rotatable bonds is 4.